The van der Waals surface area contributed by atoms with Gasteiger partial charge in [0, 0.05) is 36.6 Å². The maximum atomic E-state index is 12.9. The van der Waals surface area contributed by atoms with Gasteiger partial charge < -0.3 is 14.1 Å². The number of piperidine rings is 1. The molecular formula is C21H21N3O4. The highest BCUT2D eigenvalue weighted by atomic mass is 16.5. The second-order valence-electron chi connectivity index (χ2n) is 6.76. The Morgan fingerprint density at radius 3 is 2.64 bits per heavy atom. The molecule has 0 N–H and O–H groups in total. The average molecular weight is 379 g/mol. The summed E-state index contributed by atoms with van der Waals surface area (Å²) in [7, 11) is 0. The van der Waals surface area contributed by atoms with Crippen molar-refractivity contribution in [2.24, 2.45) is 5.92 Å². The molecule has 0 bridgehead atoms. The van der Waals surface area contributed by atoms with Crippen molar-refractivity contribution < 1.29 is 18.7 Å². The van der Waals surface area contributed by atoms with Crippen molar-refractivity contribution in [2.75, 3.05) is 19.7 Å². The minimum Gasteiger partial charge on any atom is -0.466 e. The molecule has 7 nitrogen and oxygen atoms in total. The fourth-order valence-electron chi connectivity index (χ4n) is 3.44. The molecule has 3 aromatic rings. The molecular weight excluding hydrogens is 358 g/mol. The Morgan fingerprint density at radius 1 is 1.18 bits per heavy atom. The SMILES string of the molecule is CCOC(=O)C1CCN(C(=O)c2ccc3oc(-c4ccncc4)nc3c2)CC1. The monoisotopic (exact) mass is 379 g/mol. The van der Waals surface area contributed by atoms with Crippen LogP contribution in [0, 0.1) is 5.92 Å². The lowest BCUT2D eigenvalue weighted by Gasteiger charge is -2.30. The standard InChI is InChI=1S/C21H21N3O4/c1-2-27-21(26)15-7-11-24(12-8-15)20(25)16-3-4-18-17(13-16)23-19(28-18)14-5-9-22-10-6-14/h3-6,9-10,13,15H,2,7-8,11-12H2,1H3. The Bertz CT molecular complexity index is 991. The van der Waals surface area contributed by atoms with E-state index in [4.69, 9.17) is 9.15 Å². The van der Waals surface area contributed by atoms with Crippen molar-refractivity contribution in [1.29, 1.82) is 0 Å². The first-order valence-electron chi connectivity index (χ1n) is 9.42. The van der Waals surface area contributed by atoms with Crippen LogP contribution in [-0.4, -0.2) is 46.4 Å². The first-order valence-corrected chi connectivity index (χ1v) is 9.42. The molecule has 0 aliphatic carbocycles. The zero-order valence-corrected chi connectivity index (χ0v) is 15.6. The summed E-state index contributed by atoms with van der Waals surface area (Å²) in [4.78, 5) is 35.0. The van der Waals surface area contributed by atoms with Crippen molar-refractivity contribution >= 4 is 23.0 Å². The van der Waals surface area contributed by atoms with Gasteiger partial charge in [0.05, 0.1) is 12.5 Å². The second-order valence-corrected chi connectivity index (χ2v) is 6.76. The van der Waals surface area contributed by atoms with Crippen molar-refractivity contribution in [1.82, 2.24) is 14.9 Å². The molecule has 0 unspecified atom stereocenters. The van der Waals surface area contributed by atoms with Gasteiger partial charge >= 0.3 is 5.97 Å². The van der Waals surface area contributed by atoms with Gasteiger partial charge in [0.15, 0.2) is 5.58 Å². The summed E-state index contributed by atoms with van der Waals surface area (Å²) < 4.78 is 10.9. The number of fused-ring (bicyclic) bond motifs is 1. The molecule has 4 rings (SSSR count). The van der Waals surface area contributed by atoms with Crippen LogP contribution in [0.5, 0.6) is 0 Å². The second kappa shape index (κ2) is 7.80. The normalized spacial score (nSPS) is 15.0. The number of aromatic nitrogens is 2. The molecule has 1 saturated heterocycles. The van der Waals surface area contributed by atoms with Crippen LogP contribution in [0.4, 0.5) is 0 Å². The molecule has 144 valence electrons. The van der Waals surface area contributed by atoms with Crippen LogP contribution >= 0.6 is 0 Å². The number of amides is 1. The lowest BCUT2D eigenvalue weighted by Crippen LogP contribution is -2.40. The van der Waals surface area contributed by atoms with Gasteiger partial charge in [0.2, 0.25) is 5.89 Å². The fourth-order valence-corrected chi connectivity index (χ4v) is 3.44. The molecule has 0 saturated carbocycles. The molecule has 0 radical (unpaired) electrons. The fraction of sp³-hybridized carbons (Fsp3) is 0.333. The molecule has 7 heteroatoms. The minimum absolute atomic E-state index is 0.0577. The predicted molar refractivity (Wildman–Crippen MR) is 103 cm³/mol. The number of benzene rings is 1. The van der Waals surface area contributed by atoms with E-state index in [1.165, 1.54) is 0 Å². The Hall–Kier alpha value is -3.22. The number of ether oxygens (including phenoxy) is 1. The molecule has 28 heavy (non-hydrogen) atoms. The molecule has 1 aliphatic rings. The summed E-state index contributed by atoms with van der Waals surface area (Å²) in [6.07, 6.45) is 4.62. The highest BCUT2D eigenvalue weighted by Crippen LogP contribution is 2.26. The van der Waals surface area contributed by atoms with Gasteiger partial charge in [0.1, 0.15) is 5.52 Å². The zero-order chi connectivity index (χ0) is 19.5. The third kappa shape index (κ3) is 3.60. The summed E-state index contributed by atoms with van der Waals surface area (Å²) in [6.45, 7) is 3.27. The highest BCUT2D eigenvalue weighted by Gasteiger charge is 2.28. The molecule has 1 fully saturated rings. The molecule has 0 atom stereocenters. The third-order valence-corrected chi connectivity index (χ3v) is 4.96. The number of hydrogen-bond donors (Lipinski definition) is 0. The van der Waals surface area contributed by atoms with Crippen LogP contribution in [-0.2, 0) is 9.53 Å². The largest absolute Gasteiger partial charge is 0.466 e. The number of oxazole rings is 1. The Balaban J connectivity index is 1.48. The number of carbonyl (C=O) groups is 2. The molecule has 3 heterocycles. The Labute approximate surface area is 162 Å². The average Bonchev–Trinajstić information content (AvgIpc) is 3.17. The number of carbonyl (C=O) groups excluding carboxylic acids is 2. The van der Waals surface area contributed by atoms with Crippen LogP contribution in [0.2, 0.25) is 0 Å². The van der Waals surface area contributed by atoms with E-state index in [1.807, 2.05) is 12.1 Å². The van der Waals surface area contributed by atoms with E-state index in [0.717, 1.165) is 5.56 Å². The smallest absolute Gasteiger partial charge is 0.309 e. The molecule has 1 aliphatic heterocycles. The lowest BCUT2D eigenvalue weighted by molar-refractivity contribution is -0.149. The van der Waals surface area contributed by atoms with E-state index < -0.39 is 0 Å². The van der Waals surface area contributed by atoms with Crippen LogP contribution in [0.3, 0.4) is 0 Å². The van der Waals surface area contributed by atoms with Gasteiger partial charge in [-0.2, -0.15) is 0 Å². The Kier molecular flexibility index (Phi) is 5.06. The molecule has 2 aromatic heterocycles. The van der Waals surface area contributed by atoms with E-state index in [2.05, 4.69) is 9.97 Å². The van der Waals surface area contributed by atoms with Gasteiger partial charge in [0.25, 0.3) is 5.91 Å². The molecule has 1 aromatic carbocycles. The first-order chi connectivity index (χ1) is 13.7. The van der Waals surface area contributed by atoms with Gasteiger partial charge in [-0.3, -0.25) is 14.6 Å². The van der Waals surface area contributed by atoms with Crippen molar-refractivity contribution in [3.05, 3.63) is 48.3 Å². The van der Waals surface area contributed by atoms with Crippen molar-refractivity contribution in [2.45, 2.75) is 19.8 Å². The van der Waals surface area contributed by atoms with Crippen LogP contribution in [0.1, 0.15) is 30.1 Å². The summed E-state index contributed by atoms with van der Waals surface area (Å²) in [5.74, 6) is 0.155. The first kappa shape index (κ1) is 18.2. The maximum absolute atomic E-state index is 12.9. The lowest BCUT2D eigenvalue weighted by atomic mass is 9.96. The van der Waals surface area contributed by atoms with E-state index >= 15 is 0 Å². The van der Waals surface area contributed by atoms with Gasteiger partial charge in [-0.05, 0) is 50.1 Å². The van der Waals surface area contributed by atoms with E-state index in [0.29, 0.717) is 55.1 Å². The number of esters is 1. The van der Waals surface area contributed by atoms with Gasteiger partial charge in [-0.1, -0.05) is 0 Å². The summed E-state index contributed by atoms with van der Waals surface area (Å²) >= 11 is 0. The highest BCUT2D eigenvalue weighted by molar-refractivity contribution is 5.97. The number of likely N-dealkylation sites (tertiary alicyclic amines) is 1. The number of nitrogens with zero attached hydrogens (tertiary/aromatic N) is 3. The molecule has 1 amide bonds. The van der Waals surface area contributed by atoms with Gasteiger partial charge in [-0.15, -0.1) is 0 Å². The number of hydrogen-bond acceptors (Lipinski definition) is 6. The number of pyridine rings is 1. The summed E-state index contributed by atoms with van der Waals surface area (Å²) in [6, 6.07) is 8.92. The van der Waals surface area contributed by atoms with Crippen LogP contribution in [0.15, 0.2) is 47.1 Å². The zero-order valence-electron chi connectivity index (χ0n) is 15.6. The summed E-state index contributed by atoms with van der Waals surface area (Å²) in [5, 5.41) is 0. The van der Waals surface area contributed by atoms with Crippen LogP contribution in [0.25, 0.3) is 22.6 Å². The van der Waals surface area contributed by atoms with E-state index in [1.54, 1.807) is 42.4 Å². The summed E-state index contributed by atoms with van der Waals surface area (Å²) in [5.41, 5.74) is 2.67. The van der Waals surface area contributed by atoms with Gasteiger partial charge in [-0.25, -0.2) is 4.98 Å². The van der Waals surface area contributed by atoms with E-state index in [-0.39, 0.29) is 17.8 Å². The van der Waals surface area contributed by atoms with Crippen molar-refractivity contribution in [3.63, 3.8) is 0 Å². The van der Waals surface area contributed by atoms with E-state index in [9.17, 15) is 9.59 Å². The van der Waals surface area contributed by atoms with Crippen LogP contribution < -0.4 is 0 Å². The molecule has 0 spiro atoms. The Morgan fingerprint density at radius 2 is 1.93 bits per heavy atom. The maximum Gasteiger partial charge on any atom is 0.309 e. The topological polar surface area (TPSA) is 85.5 Å². The quantitative estimate of drug-likeness (QED) is 0.647. The third-order valence-electron chi connectivity index (χ3n) is 4.96. The van der Waals surface area contributed by atoms with Crippen molar-refractivity contribution in [3.8, 4) is 11.5 Å². The number of rotatable bonds is 4. The predicted octanol–water partition coefficient (Wildman–Crippen LogP) is 3.31. The minimum atomic E-state index is -0.165.